The van der Waals surface area contributed by atoms with Crippen LogP contribution in [-0.4, -0.2) is 69.5 Å². The van der Waals surface area contributed by atoms with Gasteiger partial charge in [0.05, 0.1) is 4.90 Å². The number of likely N-dealkylation sites (N-methyl/N-ethyl adjacent to an activating group) is 1. The number of nitrogens with one attached hydrogen (secondary N) is 2. The van der Waals surface area contributed by atoms with E-state index in [2.05, 4.69) is 25.7 Å². The lowest BCUT2D eigenvalue weighted by Gasteiger charge is -2.11. The average molecular weight is 494 g/mol. The van der Waals surface area contributed by atoms with Gasteiger partial charge in [0.2, 0.25) is 0 Å². The zero-order valence-electron chi connectivity index (χ0n) is 19.2. The first kappa shape index (κ1) is 25.3. The van der Waals surface area contributed by atoms with Crippen LogP contribution >= 0.6 is 11.3 Å². The van der Waals surface area contributed by atoms with Crippen molar-refractivity contribution in [3.05, 3.63) is 40.9 Å². The molecule has 1 amide bonds. The van der Waals surface area contributed by atoms with E-state index in [4.69, 9.17) is 4.84 Å². The Balaban J connectivity index is 1.71. The molecule has 9 nitrogen and oxygen atoms in total. The van der Waals surface area contributed by atoms with Crippen LogP contribution in [-0.2, 0) is 26.0 Å². The Morgan fingerprint density at radius 1 is 1.24 bits per heavy atom. The van der Waals surface area contributed by atoms with Gasteiger partial charge in [-0.3, -0.25) is 10.1 Å². The number of benzene rings is 1. The van der Waals surface area contributed by atoms with Crippen molar-refractivity contribution < 1.29 is 18.0 Å². The van der Waals surface area contributed by atoms with Gasteiger partial charge < -0.3 is 15.1 Å². The number of carbonyl (C=O) groups is 1. The molecule has 0 saturated heterocycles. The summed E-state index contributed by atoms with van der Waals surface area (Å²) in [6.07, 6.45) is 6.83. The van der Waals surface area contributed by atoms with E-state index in [1.165, 1.54) is 23.5 Å². The normalized spacial score (nSPS) is 15.2. The van der Waals surface area contributed by atoms with Crippen LogP contribution in [0.15, 0.2) is 40.5 Å². The summed E-state index contributed by atoms with van der Waals surface area (Å²) in [4.78, 5) is 26.3. The molecule has 180 valence electrons. The molecule has 0 atom stereocenters. The predicted molar refractivity (Wildman–Crippen MR) is 130 cm³/mol. The third-order valence-electron chi connectivity index (χ3n) is 5.18. The molecule has 1 aliphatic carbocycles. The molecule has 1 heterocycles. The summed E-state index contributed by atoms with van der Waals surface area (Å²) in [6, 6.07) is 6.05. The molecule has 1 aromatic heterocycles. The van der Waals surface area contributed by atoms with Crippen LogP contribution in [0.1, 0.15) is 36.1 Å². The van der Waals surface area contributed by atoms with Gasteiger partial charge in [0.15, 0.2) is 20.7 Å². The van der Waals surface area contributed by atoms with Crippen LogP contribution in [0, 0.1) is 0 Å². The molecule has 1 saturated carbocycles. The Morgan fingerprint density at radius 3 is 2.58 bits per heavy atom. The highest BCUT2D eigenvalue weighted by molar-refractivity contribution is 7.90. The number of oxime groups is 1. The van der Waals surface area contributed by atoms with Gasteiger partial charge in [0.25, 0.3) is 5.91 Å². The monoisotopic (exact) mass is 493 g/mol. The molecular formula is C22H31N5O4S2. The van der Waals surface area contributed by atoms with Crippen LogP contribution < -0.4 is 10.6 Å². The number of thiazole rings is 1. The van der Waals surface area contributed by atoms with Gasteiger partial charge in [0.1, 0.15) is 6.10 Å². The van der Waals surface area contributed by atoms with E-state index in [1.54, 1.807) is 18.3 Å². The van der Waals surface area contributed by atoms with Crippen molar-refractivity contribution in [2.45, 2.75) is 43.2 Å². The number of amides is 1. The maximum atomic E-state index is 13.0. The minimum Gasteiger partial charge on any atom is -0.392 e. The van der Waals surface area contributed by atoms with Crippen LogP contribution in [0.2, 0.25) is 0 Å². The molecule has 2 aromatic rings. The molecule has 3 rings (SSSR count). The van der Waals surface area contributed by atoms with Crippen molar-refractivity contribution in [1.82, 2.24) is 15.2 Å². The quantitative estimate of drug-likeness (QED) is 0.281. The highest BCUT2D eigenvalue weighted by Gasteiger charge is 2.21. The summed E-state index contributed by atoms with van der Waals surface area (Å²) >= 11 is 1.39. The summed E-state index contributed by atoms with van der Waals surface area (Å²) in [5.74, 6) is -0.457. The van der Waals surface area contributed by atoms with Crippen molar-refractivity contribution >= 4 is 37.9 Å². The third kappa shape index (κ3) is 7.88. The molecule has 0 spiro atoms. The van der Waals surface area contributed by atoms with E-state index in [0.29, 0.717) is 17.2 Å². The van der Waals surface area contributed by atoms with Crippen molar-refractivity contribution in [2.24, 2.45) is 5.16 Å². The largest absolute Gasteiger partial charge is 0.392 e. The molecule has 11 heteroatoms. The molecule has 33 heavy (non-hydrogen) atoms. The second-order valence-electron chi connectivity index (χ2n) is 8.31. The number of hydrogen-bond acceptors (Lipinski definition) is 9. The van der Waals surface area contributed by atoms with E-state index in [1.807, 2.05) is 14.1 Å². The smallest absolute Gasteiger partial charge is 0.280 e. The standard InChI is InChI=1S/C22H31N5O4S2/c1-27(2)13-12-23-14-18-15-24-22(32-18)25-21(28)20(26-31-17-6-4-5-7-17)16-8-10-19(11-9-16)33(3,29)30/h8-11,15,17,23H,4-7,12-14H2,1-3H3,(H,24,25,28)/b26-20+. The Hall–Kier alpha value is -2.34. The Morgan fingerprint density at radius 2 is 1.94 bits per heavy atom. The van der Waals surface area contributed by atoms with Gasteiger partial charge in [-0.1, -0.05) is 17.3 Å². The first-order valence-corrected chi connectivity index (χ1v) is 13.6. The lowest BCUT2D eigenvalue weighted by atomic mass is 10.1. The Kier molecular flexibility index (Phi) is 8.95. The average Bonchev–Trinajstić information content (AvgIpc) is 3.43. The van der Waals surface area contributed by atoms with Gasteiger partial charge in [-0.15, -0.1) is 11.3 Å². The molecule has 1 aromatic carbocycles. The first-order chi connectivity index (χ1) is 15.7. The molecule has 1 fully saturated rings. The summed E-state index contributed by atoms with van der Waals surface area (Å²) in [5.41, 5.74) is 0.558. The number of nitrogens with zero attached hydrogens (tertiary/aromatic N) is 3. The lowest BCUT2D eigenvalue weighted by molar-refractivity contribution is -0.110. The zero-order chi connectivity index (χ0) is 23.8. The van der Waals surface area contributed by atoms with Crippen LogP contribution in [0.3, 0.4) is 0 Å². The van der Waals surface area contributed by atoms with Crippen molar-refractivity contribution in [3.63, 3.8) is 0 Å². The summed E-state index contributed by atoms with van der Waals surface area (Å²) in [5, 5.41) is 10.8. The molecule has 0 unspecified atom stereocenters. The van der Waals surface area contributed by atoms with Crippen LogP contribution in [0.25, 0.3) is 0 Å². The SMILES string of the molecule is CN(C)CCNCc1cnc(NC(=O)/C(=N/OC2CCCC2)c2ccc(S(C)(=O)=O)cc2)s1. The van der Waals surface area contributed by atoms with Crippen molar-refractivity contribution in [3.8, 4) is 0 Å². The number of rotatable bonds is 11. The van der Waals surface area contributed by atoms with Crippen LogP contribution in [0.4, 0.5) is 5.13 Å². The van der Waals surface area contributed by atoms with E-state index < -0.39 is 15.7 Å². The third-order valence-corrected chi connectivity index (χ3v) is 7.22. The number of hydrogen-bond donors (Lipinski definition) is 2. The fourth-order valence-corrected chi connectivity index (χ4v) is 4.73. The van der Waals surface area contributed by atoms with Crippen molar-refractivity contribution in [1.29, 1.82) is 0 Å². The maximum absolute atomic E-state index is 13.0. The molecule has 1 aliphatic rings. The highest BCUT2D eigenvalue weighted by atomic mass is 32.2. The molecular weight excluding hydrogens is 462 g/mol. The van der Waals surface area contributed by atoms with E-state index in [0.717, 1.165) is 49.9 Å². The lowest BCUT2D eigenvalue weighted by Crippen LogP contribution is -2.25. The number of anilines is 1. The van der Waals surface area contributed by atoms with Gasteiger partial charge in [-0.05, 0) is 51.9 Å². The minimum atomic E-state index is -3.34. The summed E-state index contributed by atoms with van der Waals surface area (Å²) in [7, 11) is 0.700. The Labute approximate surface area is 199 Å². The van der Waals surface area contributed by atoms with Gasteiger partial charge in [0, 0.05) is 42.5 Å². The zero-order valence-corrected chi connectivity index (χ0v) is 20.8. The van der Waals surface area contributed by atoms with E-state index in [9.17, 15) is 13.2 Å². The molecule has 0 aliphatic heterocycles. The molecule has 0 radical (unpaired) electrons. The molecule has 2 N–H and O–H groups in total. The predicted octanol–water partition coefficient (Wildman–Crippen LogP) is 2.50. The fourth-order valence-electron chi connectivity index (χ4n) is 3.32. The highest BCUT2D eigenvalue weighted by Crippen LogP contribution is 2.22. The second-order valence-corrected chi connectivity index (χ2v) is 11.4. The molecule has 0 bridgehead atoms. The summed E-state index contributed by atoms with van der Waals surface area (Å²) in [6.45, 7) is 2.45. The van der Waals surface area contributed by atoms with Crippen LogP contribution in [0.5, 0.6) is 0 Å². The maximum Gasteiger partial charge on any atom is 0.280 e. The Bertz CT molecular complexity index is 1060. The van der Waals surface area contributed by atoms with E-state index in [-0.39, 0.29) is 16.7 Å². The van der Waals surface area contributed by atoms with Gasteiger partial charge in [-0.2, -0.15) is 0 Å². The van der Waals surface area contributed by atoms with Crippen molar-refractivity contribution in [2.75, 3.05) is 38.8 Å². The van der Waals surface area contributed by atoms with Gasteiger partial charge >= 0.3 is 0 Å². The number of carbonyl (C=O) groups excluding carboxylic acids is 1. The fraction of sp³-hybridized carbons (Fsp3) is 0.500. The first-order valence-electron chi connectivity index (χ1n) is 10.9. The summed E-state index contributed by atoms with van der Waals surface area (Å²) < 4.78 is 23.5. The second kappa shape index (κ2) is 11.7. The van der Waals surface area contributed by atoms with Gasteiger partial charge in [-0.25, -0.2) is 13.4 Å². The van der Waals surface area contributed by atoms with E-state index >= 15 is 0 Å². The topological polar surface area (TPSA) is 113 Å². The number of aromatic nitrogens is 1. The number of sulfone groups is 1. The minimum absolute atomic E-state index is 0.0113.